The molecule has 3 aromatic rings. The molecule has 1 fully saturated rings. The second-order valence-electron chi connectivity index (χ2n) is 7.20. The Bertz CT molecular complexity index is 962. The van der Waals surface area contributed by atoms with Crippen LogP contribution in [0.25, 0.3) is 11.6 Å². The summed E-state index contributed by atoms with van der Waals surface area (Å²) in [7, 11) is 2.15. The van der Waals surface area contributed by atoms with Crippen molar-refractivity contribution >= 4 is 29.0 Å². The highest BCUT2D eigenvalue weighted by atomic mass is 32.2. The van der Waals surface area contributed by atoms with Crippen LogP contribution in [0.15, 0.2) is 52.2 Å². The Kier molecular flexibility index (Phi) is 6.39. The number of likely N-dealkylation sites (N-methyl/N-ethyl adjacent to an activating group) is 1. The zero-order valence-electron chi connectivity index (χ0n) is 17.2. The summed E-state index contributed by atoms with van der Waals surface area (Å²) in [5.74, 6) is 1.53. The van der Waals surface area contributed by atoms with Crippen LogP contribution in [0.1, 0.15) is 6.92 Å². The number of rotatable bonds is 7. The van der Waals surface area contributed by atoms with Gasteiger partial charge in [0.05, 0.1) is 12.0 Å². The smallest absolute Gasteiger partial charge is 0.234 e. The molecule has 9 heteroatoms. The first-order valence-corrected chi connectivity index (χ1v) is 11.1. The molecule has 8 nitrogen and oxygen atoms in total. The molecule has 1 aliphatic rings. The van der Waals surface area contributed by atoms with Gasteiger partial charge in [0.2, 0.25) is 5.91 Å². The topological polar surface area (TPSA) is 79.4 Å². The monoisotopic (exact) mass is 426 g/mol. The maximum Gasteiger partial charge on any atom is 0.234 e. The molecule has 158 valence electrons. The molecular formula is C21H26N6O2S. The van der Waals surface area contributed by atoms with Gasteiger partial charge in [-0.1, -0.05) is 11.8 Å². The second kappa shape index (κ2) is 9.36. The van der Waals surface area contributed by atoms with Crippen molar-refractivity contribution in [1.82, 2.24) is 19.7 Å². The molecule has 0 bridgehead atoms. The van der Waals surface area contributed by atoms with Crippen molar-refractivity contribution in [3.63, 3.8) is 0 Å². The van der Waals surface area contributed by atoms with Gasteiger partial charge in [0.25, 0.3) is 0 Å². The van der Waals surface area contributed by atoms with Gasteiger partial charge in [0, 0.05) is 44.1 Å². The number of benzene rings is 1. The van der Waals surface area contributed by atoms with Gasteiger partial charge < -0.3 is 19.5 Å². The third-order valence-electron chi connectivity index (χ3n) is 5.13. The number of nitrogens with zero attached hydrogens (tertiary/aromatic N) is 5. The van der Waals surface area contributed by atoms with E-state index in [4.69, 9.17) is 4.42 Å². The Morgan fingerprint density at radius 2 is 1.90 bits per heavy atom. The summed E-state index contributed by atoms with van der Waals surface area (Å²) in [6.07, 6.45) is 1.61. The fourth-order valence-electron chi connectivity index (χ4n) is 3.42. The molecule has 1 amide bonds. The molecule has 4 rings (SSSR count). The normalized spacial score (nSPS) is 14.8. The lowest BCUT2D eigenvalue weighted by Gasteiger charge is -2.34. The van der Waals surface area contributed by atoms with Gasteiger partial charge in [0.15, 0.2) is 16.7 Å². The summed E-state index contributed by atoms with van der Waals surface area (Å²) in [5.41, 5.74) is 1.99. The lowest BCUT2D eigenvalue weighted by molar-refractivity contribution is -0.113. The van der Waals surface area contributed by atoms with Gasteiger partial charge in [-0.25, -0.2) is 0 Å². The van der Waals surface area contributed by atoms with E-state index in [1.807, 2.05) is 35.8 Å². The van der Waals surface area contributed by atoms with Crippen molar-refractivity contribution in [2.75, 3.05) is 49.2 Å². The van der Waals surface area contributed by atoms with Crippen LogP contribution in [-0.4, -0.2) is 64.6 Å². The van der Waals surface area contributed by atoms with Crippen LogP contribution in [-0.2, 0) is 11.3 Å². The first-order valence-electron chi connectivity index (χ1n) is 10.1. The maximum absolute atomic E-state index is 12.4. The van der Waals surface area contributed by atoms with Gasteiger partial charge in [0.1, 0.15) is 0 Å². The molecule has 0 saturated carbocycles. The number of anilines is 2. The van der Waals surface area contributed by atoms with E-state index in [0.717, 1.165) is 31.9 Å². The Morgan fingerprint density at radius 1 is 1.13 bits per heavy atom. The molecule has 0 unspecified atom stereocenters. The Labute approximate surface area is 180 Å². The molecule has 1 aromatic carbocycles. The van der Waals surface area contributed by atoms with Crippen LogP contribution < -0.4 is 10.2 Å². The van der Waals surface area contributed by atoms with Gasteiger partial charge in [-0.2, -0.15) is 0 Å². The number of carbonyl (C=O) groups is 1. The molecule has 0 aliphatic carbocycles. The summed E-state index contributed by atoms with van der Waals surface area (Å²) in [6.45, 7) is 6.90. The van der Waals surface area contributed by atoms with E-state index in [1.165, 1.54) is 17.4 Å². The van der Waals surface area contributed by atoms with Crippen LogP contribution in [0.3, 0.4) is 0 Å². The zero-order valence-corrected chi connectivity index (χ0v) is 18.1. The molecule has 0 radical (unpaired) electrons. The number of carbonyl (C=O) groups excluding carboxylic acids is 1. The molecule has 1 N–H and O–H groups in total. The number of aromatic nitrogens is 3. The van der Waals surface area contributed by atoms with E-state index in [1.54, 1.807) is 6.26 Å². The highest BCUT2D eigenvalue weighted by Crippen LogP contribution is 2.25. The Balaban J connectivity index is 1.32. The van der Waals surface area contributed by atoms with Crippen molar-refractivity contribution in [3.8, 4) is 11.6 Å². The highest BCUT2D eigenvalue weighted by Gasteiger charge is 2.17. The first kappa shape index (κ1) is 20.5. The van der Waals surface area contributed by atoms with Crippen molar-refractivity contribution in [2.24, 2.45) is 0 Å². The number of nitrogens with one attached hydrogen (secondary N) is 1. The average molecular weight is 427 g/mol. The largest absolute Gasteiger partial charge is 0.461 e. The zero-order chi connectivity index (χ0) is 20.9. The van der Waals surface area contributed by atoms with Gasteiger partial charge >= 0.3 is 0 Å². The van der Waals surface area contributed by atoms with Crippen molar-refractivity contribution in [2.45, 2.75) is 18.6 Å². The van der Waals surface area contributed by atoms with Crippen LogP contribution in [0, 0.1) is 0 Å². The quantitative estimate of drug-likeness (QED) is 0.582. The third kappa shape index (κ3) is 4.68. The minimum atomic E-state index is -0.0717. The molecule has 2 aromatic heterocycles. The van der Waals surface area contributed by atoms with E-state index in [-0.39, 0.29) is 11.7 Å². The van der Waals surface area contributed by atoms with E-state index < -0.39 is 0 Å². The van der Waals surface area contributed by atoms with Crippen molar-refractivity contribution < 1.29 is 9.21 Å². The lowest BCUT2D eigenvalue weighted by atomic mass is 10.2. The average Bonchev–Trinajstić information content (AvgIpc) is 3.43. The standard InChI is InChI=1S/C21H26N6O2S/c1-3-27-20(18-5-4-14-29-18)23-24-21(27)30-15-19(28)22-16-6-8-17(9-7-16)26-12-10-25(2)11-13-26/h4-9,14H,3,10-13,15H2,1-2H3,(H,22,28). The van der Waals surface area contributed by atoms with Crippen LogP contribution in [0.2, 0.25) is 0 Å². The van der Waals surface area contributed by atoms with E-state index in [2.05, 4.69) is 44.5 Å². The van der Waals surface area contributed by atoms with Gasteiger partial charge in [-0.05, 0) is 50.4 Å². The summed E-state index contributed by atoms with van der Waals surface area (Å²) in [4.78, 5) is 17.1. The van der Waals surface area contributed by atoms with E-state index in [0.29, 0.717) is 23.3 Å². The summed E-state index contributed by atoms with van der Waals surface area (Å²) >= 11 is 1.37. The SMILES string of the molecule is CCn1c(SCC(=O)Nc2ccc(N3CCN(C)CC3)cc2)nnc1-c1ccco1. The number of amides is 1. The van der Waals surface area contributed by atoms with Gasteiger partial charge in [-0.3, -0.25) is 9.36 Å². The summed E-state index contributed by atoms with van der Waals surface area (Å²) in [5, 5.41) is 12.1. The molecule has 0 atom stereocenters. The van der Waals surface area contributed by atoms with Crippen LogP contribution in [0.4, 0.5) is 11.4 Å². The predicted molar refractivity (Wildman–Crippen MR) is 119 cm³/mol. The minimum Gasteiger partial charge on any atom is -0.461 e. The predicted octanol–water partition coefficient (Wildman–Crippen LogP) is 3.04. The Hall–Kier alpha value is -2.78. The molecule has 1 aliphatic heterocycles. The summed E-state index contributed by atoms with van der Waals surface area (Å²) < 4.78 is 7.37. The molecule has 3 heterocycles. The fourth-order valence-corrected chi connectivity index (χ4v) is 4.22. The van der Waals surface area contributed by atoms with Crippen LogP contribution >= 0.6 is 11.8 Å². The number of piperazine rings is 1. The van der Waals surface area contributed by atoms with E-state index >= 15 is 0 Å². The molecule has 30 heavy (non-hydrogen) atoms. The Morgan fingerprint density at radius 3 is 2.57 bits per heavy atom. The van der Waals surface area contributed by atoms with E-state index in [9.17, 15) is 4.79 Å². The number of thioether (sulfide) groups is 1. The minimum absolute atomic E-state index is 0.0717. The first-order chi connectivity index (χ1) is 14.6. The highest BCUT2D eigenvalue weighted by molar-refractivity contribution is 7.99. The molecule has 0 spiro atoms. The number of hydrogen-bond donors (Lipinski definition) is 1. The van der Waals surface area contributed by atoms with Crippen molar-refractivity contribution in [1.29, 1.82) is 0 Å². The number of hydrogen-bond acceptors (Lipinski definition) is 7. The molecule has 1 saturated heterocycles. The number of furan rings is 1. The summed E-state index contributed by atoms with van der Waals surface area (Å²) in [6, 6.07) is 11.7. The van der Waals surface area contributed by atoms with Gasteiger partial charge in [-0.15, -0.1) is 10.2 Å². The van der Waals surface area contributed by atoms with Crippen molar-refractivity contribution in [3.05, 3.63) is 42.7 Å². The second-order valence-corrected chi connectivity index (χ2v) is 8.14. The van der Waals surface area contributed by atoms with Crippen LogP contribution in [0.5, 0.6) is 0 Å². The lowest BCUT2D eigenvalue weighted by Crippen LogP contribution is -2.44. The third-order valence-corrected chi connectivity index (χ3v) is 6.09. The maximum atomic E-state index is 12.4. The molecular weight excluding hydrogens is 400 g/mol. The fraction of sp³-hybridized carbons (Fsp3) is 0.381.